The van der Waals surface area contributed by atoms with Gasteiger partial charge in [-0.3, -0.25) is 9.79 Å². The molecular weight excluding hydrogens is 442 g/mol. The van der Waals surface area contributed by atoms with Crippen LogP contribution in [0.1, 0.15) is 77.6 Å². The van der Waals surface area contributed by atoms with E-state index in [-0.39, 0.29) is 17.7 Å². The zero-order valence-electron chi connectivity index (χ0n) is 21.6. The molecule has 3 rings (SSSR count). The maximum atomic E-state index is 12.7. The topological polar surface area (TPSA) is 70.5 Å². The molecule has 0 unspecified atom stereocenters. The zero-order chi connectivity index (χ0) is 24.6. The third-order valence-electron chi connectivity index (χ3n) is 6.39. The fourth-order valence-electron chi connectivity index (χ4n) is 4.09. The summed E-state index contributed by atoms with van der Waals surface area (Å²) in [5, 5.41) is 6.50. The summed E-state index contributed by atoms with van der Waals surface area (Å²) in [5.41, 5.74) is 1.36. The molecule has 0 aromatic carbocycles. The third-order valence-corrected chi connectivity index (χ3v) is 7.31. The second-order valence-electron chi connectivity index (χ2n) is 9.99. The first-order chi connectivity index (χ1) is 16.3. The van der Waals surface area contributed by atoms with Crippen molar-refractivity contribution in [1.29, 1.82) is 0 Å². The van der Waals surface area contributed by atoms with Gasteiger partial charge in [0.1, 0.15) is 16.5 Å². The summed E-state index contributed by atoms with van der Waals surface area (Å²) in [6.45, 7) is 9.85. The highest BCUT2D eigenvalue weighted by Gasteiger charge is 2.30. The Morgan fingerprint density at radius 1 is 1.32 bits per heavy atom. The number of unbranched alkanes of at least 4 members (excludes halogenated alkanes) is 2. The van der Waals surface area contributed by atoms with Crippen molar-refractivity contribution < 1.29 is 4.79 Å². The number of allylic oxidation sites excluding steroid dienone is 1. The van der Waals surface area contributed by atoms with Crippen LogP contribution in [-0.2, 0) is 17.6 Å². The van der Waals surface area contributed by atoms with Gasteiger partial charge < -0.3 is 10.2 Å². The van der Waals surface area contributed by atoms with Crippen LogP contribution in [0.4, 0.5) is 5.82 Å². The van der Waals surface area contributed by atoms with E-state index in [0.717, 1.165) is 23.5 Å². The fourth-order valence-corrected chi connectivity index (χ4v) is 5.08. The van der Waals surface area contributed by atoms with Gasteiger partial charge in [0, 0.05) is 19.6 Å². The van der Waals surface area contributed by atoms with Crippen LogP contribution in [0.15, 0.2) is 22.5 Å². The molecule has 1 aliphatic rings. The molecule has 186 valence electrons. The minimum Gasteiger partial charge on any atom is -0.356 e. The predicted octanol–water partition coefficient (Wildman–Crippen LogP) is 5.74. The molecule has 0 aliphatic heterocycles. The first kappa shape index (κ1) is 26.3. The van der Waals surface area contributed by atoms with Gasteiger partial charge >= 0.3 is 0 Å². The highest BCUT2D eigenvalue weighted by atomic mass is 32.1. The largest absolute Gasteiger partial charge is 0.356 e. The third kappa shape index (κ3) is 7.62. The van der Waals surface area contributed by atoms with Crippen LogP contribution in [0.2, 0.25) is 0 Å². The van der Waals surface area contributed by atoms with Gasteiger partial charge in [-0.05, 0) is 61.6 Å². The van der Waals surface area contributed by atoms with Gasteiger partial charge in [0.2, 0.25) is 5.91 Å². The zero-order valence-corrected chi connectivity index (χ0v) is 22.4. The van der Waals surface area contributed by atoms with E-state index in [2.05, 4.69) is 60.6 Å². The molecule has 0 saturated heterocycles. The Morgan fingerprint density at radius 2 is 2.12 bits per heavy atom. The number of rotatable bonds is 14. The smallest absolute Gasteiger partial charge is 0.227 e. The normalized spacial score (nSPS) is 14.5. The van der Waals surface area contributed by atoms with Crippen LogP contribution in [0.3, 0.4) is 0 Å². The number of fused-ring (bicyclic) bond motifs is 1. The van der Waals surface area contributed by atoms with Crippen molar-refractivity contribution in [3.8, 4) is 0 Å². The molecule has 1 amide bonds. The van der Waals surface area contributed by atoms with E-state index in [4.69, 9.17) is 9.97 Å². The molecule has 1 saturated carbocycles. The van der Waals surface area contributed by atoms with Gasteiger partial charge in [-0.2, -0.15) is 0 Å². The number of aromatic nitrogens is 2. The Labute approximate surface area is 209 Å². The average Bonchev–Trinajstić information content (AvgIpc) is 3.57. The molecule has 0 atom stereocenters. The molecule has 1 N–H and O–H groups in total. The van der Waals surface area contributed by atoms with Crippen molar-refractivity contribution in [3.63, 3.8) is 0 Å². The fraction of sp³-hybridized carbons (Fsp3) is 0.630. The van der Waals surface area contributed by atoms with E-state index in [1.807, 2.05) is 13.1 Å². The van der Waals surface area contributed by atoms with Crippen molar-refractivity contribution in [2.75, 3.05) is 25.0 Å². The van der Waals surface area contributed by atoms with Crippen molar-refractivity contribution in [1.82, 2.24) is 15.3 Å². The first-order valence-corrected chi connectivity index (χ1v) is 13.6. The van der Waals surface area contributed by atoms with E-state index < -0.39 is 0 Å². The van der Waals surface area contributed by atoms with E-state index in [9.17, 15) is 4.79 Å². The molecule has 1 fully saturated rings. The average molecular weight is 484 g/mol. The van der Waals surface area contributed by atoms with Crippen LogP contribution in [0.5, 0.6) is 0 Å². The summed E-state index contributed by atoms with van der Waals surface area (Å²) < 4.78 is 0. The molecule has 2 aromatic heterocycles. The highest BCUT2D eigenvalue weighted by molar-refractivity contribution is 7.17. The Kier molecular flexibility index (Phi) is 9.63. The van der Waals surface area contributed by atoms with Gasteiger partial charge in [-0.25, -0.2) is 9.97 Å². The van der Waals surface area contributed by atoms with E-state index in [0.29, 0.717) is 25.0 Å². The van der Waals surface area contributed by atoms with Crippen LogP contribution in [-0.4, -0.2) is 48.3 Å². The Balaban J connectivity index is 1.66. The molecule has 0 radical (unpaired) electrons. The molecule has 1 aliphatic carbocycles. The number of thiophene rings is 1. The van der Waals surface area contributed by atoms with Gasteiger partial charge in [-0.1, -0.05) is 45.8 Å². The standard InChI is InChI=1S/C27H41N5OS/c1-6-8-9-11-20-19-34-26-24(20)25(32(5)21-12-13-21)30-22(31-26)18-23(33)29-17-15-27(3,4)14-10-16-28-7-2/h7,10,14,19,21H,6,8-9,11-13,15-18H2,1-5H3,(H,29,33)/b14-10-,28-7?. The summed E-state index contributed by atoms with van der Waals surface area (Å²) in [5.74, 6) is 1.60. The van der Waals surface area contributed by atoms with Crippen molar-refractivity contribution >= 4 is 39.5 Å². The second-order valence-corrected chi connectivity index (χ2v) is 10.9. The molecule has 2 aromatic rings. The van der Waals surface area contributed by atoms with Crippen molar-refractivity contribution in [2.45, 2.75) is 85.1 Å². The van der Waals surface area contributed by atoms with E-state index in [1.165, 1.54) is 43.1 Å². The van der Waals surface area contributed by atoms with Crippen LogP contribution < -0.4 is 10.2 Å². The Hall–Kier alpha value is -2.28. The minimum absolute atomic E-state index is 0.0112. The SMILES string of the molecule is CC=NC/C=C\C(C)(C)CCNC(=O)Cc1nc(N(C)C2CC2)c2c(CCCCC)csc2n1. The lowest BCUT2D eigenvalue weighted by Crippen LogP contribution is -2.29. The first-order valence-electron chi connectivity index (χ1n) is 12.7. The number of aliphatic imine (C=N–C) groups is 1. The van der Waals surface area contributed by atoms with Gasteiger partial charge in [0.05, 0.1) is 18.4 Å². The molecule has 34 heavy (non-hydrogen) atoms. The Morgan fingerprint density at radius 3 is 2.82 bits per heavy atom. The number of carbonyl (C=O) groups excluding carboxylic acids is 1. The maximum absolute atomic E-state index is 12.7. The maximum Gasteiger partial charge on any atom is 0.227 e. The summed E-state index contributed by atoms with van der Waals surface area (Å²) >= 11 is 1.68. The molecule has 7 heteroatoms. The molecule has 2 heterocycles. The van der Waals surface area contributed by atoms with Gasteiger partial charge in [0.25, 0.3) is 0 Å². The Bertz CT molecular complexity index is 1010. The number of aryl methyl sites for hydroxylation is 1. The van der Waals surface area contributed by atoms with E-state index in [1.54, 1.807) is 11.3 Å². The van der Waals surface area contributed by atoms with Gasteiger partial charge in [-0.15, -0.1) is 11.3 Å². The number of nitrogens with zero attached hydrogens (tertiary/aromatic N) is 4. The summed E-state index contributed by atoms with van der Waals surface area (Å²) in [7, 11) is 2.14. The summed E-state index contributed by atoms with van der Waals surface area (Å²) in [4.78, 5) is 29.9. The quantitative estimate of drug-likeness (QED) is 0.211. The second kappa shape index (κ2) is 12.4. The lowest BCUT2D eigenvalue weighted by molar-refractivity contribution is -0.120. The summed E-state index contributed by atoms with van der Waals surface area (Å²) in [6.07, 6.45) is 14.3. The van der Waals surface area contributed by atoms with E-state index >= 15 is 0 Å². The van der Waals surface area contributed by atoms with Crippen LogP contribution in [0.25, 0.3) is 10.2 Å². The molecule has 0 bridgehead atoms. The number of anilines is 1. The highest BCUT2D eigenvalue weighted by Crippen LogP contribution is 2.37. The molecule has 0 spiro atoms. The number of hydrogen-bond acceptors (Lipinski definition) is 6. The summed E-state index contributed by atoms with van der Waals surface area (Å²) in [6, 6.07) is 0.557. The minimum atomic E-state index is -0.0190. The lowest BCUT2D eigenvalue weighted by Gasteiger charge is -2.21. The molecule has 6 nitrogen and oxygen atoms in total. The monoisotopic (exact) mass is 483 g/mol. The van der Waals surface area contributed by atoms with Crippen LogP contribution in [0, 0.1) is 5.41 Å². The lowest BCUT2D eigenvalue weighted by atomic mass is 9.89. The van der Waals surface area contributed by atoms with Gasteiger partial charge in [0.15, 0.2) is 0 Å². The number of hydrogen-bond donors (Lipinski definition) is 1. The number of nitrogens with one attached hydrogen (secondary N) is 1. The predicted molar refractivity (Wildman–Crippen MR) is 145 cm³/mol. The van der Waals surface area contributed by atoms with Crippen molar-refractivity contribution in [3.05, 3.63) is 28.9 Å². The number of amides is 1. The number of carbonyl (C=O) groups is 1. The van der Waals surface area contributed by atoms with Crippen LogP contribution >= 0.6 is 11.3 Å². The van der Waals surface area contributed by atoms with Crippen molar-refractivity contribution in [2.24, 2.45) is 10.4 Å². The molecular formula is C27H41N5OS.